The number of carbonyl (C=O) groups excluding carboxylic acids is 3. The highest BCUT2D eigenvalue weighted by molar-refractivity contribution is 8.00. The van der Waals surface area contributed by atoms with Crippen molar-refractivity contribution in [1.82, 2.24) is 10.6 Å². The van der Waals surface area contributed by atoms with Gasteiger partial charge in [0.15, 0.2) is 6.61 Å². The zero-order chi connectivity index (χ0) is 35.6. The monoisotopic (exact) mass is 703 g/mol. The highest BCUT2D eigenvalue weighted by Crippen LogP contribution is 2.46. The maximum absolute atomic E-state index is 13.6. The Labute approximate surface area is 291 Å². The van der Waals surface area contributed by atoms with Gasteiger partial charge in [-0.15, -0.1) is 11.8 Å². The molecule has 13 heteroatoms. The number of aliphatic carboxylic acids is 1. The molecule has 0 aliphatic carbocycles. The van der Waals surface area contributed by atoms with Crippen molar-refractivity contribution in [2.45, 2.75) is 36.3 Å². The average Bonchev–Trinajstić information content (AvgIpc) is 3.12. The molecule has 5 rings (SSSR count). The number of aliphatic hydroxyl groups is 1. The summed E-state index contributed by atoms with van der Waals surface area (Å²) in [5, 5.41) is 24.4. The predicted molar refractivity (Wildman–Crippen MR) is 184 cm³/mol. The quantitative estimate of drug-likeness (QED) is 0.124. The molecule has 0 aromatic heterocycles. The van der Waals surface area contributed by atoms with Crippen LogP contribution < -0.4 is 20.3 Å². The lowest BCUT2D eigenvalue weighted by Crippen LogP contribution is -2.57. The number of amides is 3. The van der Waals surface area contributed by atoms with Crippen LogP contribution in [-0.4, -0.2) is 64.1 Å². The number of β-lactam (4-membered cyclic amide) rings is 1. The van der Waals surface area contributed by atoms with Gasteiger partial charge in [0.1, 0.15) is 28.7 Å². The lowest BCUT2D eigenvalue weighted by molar-refractivity contribution is -0.141. The van der Waals surface area contributed by atoms with Gasteiger partial charge < -0.3 is 30.5 Å². The molecule has 1 fully saturated rings. The number of rotatable bonds is 16. The van der Waals surface area contributed by atoms with E-state index in [4.69, 9.17) is 4.74 Å². The van der Waals surface area contributed by atoms with Crippen molar-refractivity contribution in [2.75, 3.05) is 23.8 Å². The molecule has 10 nitrogen and oxygen atoms in total. The number of ether oxygens (including phenoxy) is 1. The zero-order valence-electron chi connectivity index (χ0n) is 26.7. The van der Waals surface area contributed by atoms with E-state index >= 15 is 0 Å². The second-order valence-corrected chi connectivity index (χ2v) is 12.7. The molecule has 0 spiro atoms. The summed E-state index contributed by atoms with van der Waals surface area (Å²) in [6, 6.07) is 25.5. The standard InChI is InChI=1S/C37H35F2N3O7S/c38-26-11-7-24(8-12-26)31(43)22-50-35-34(42(36(35)46)28-15-13-27(39)14-16-28)25-9-17-29(18-10-25)49-21-33(45)40-20-32(44)41-30(37(47)48)19-6-23-4-2-1-3-5-23/h1-5,7-18,30-31,34-35,43H,6,19-22H2,(H,40,45)(H,41,44)(H,47,48)/t30-,31?,34?,35?/m1/s1. The summed E-state index contributed by atoms with van der Waals surface area (Å²) in [7, 11) is 0. The number of benzene rings is 4. The Morgan fingerprint density at radius 2 is 1.50 bits per heavy atom. The van der Waals surface area contributed by atoms with Crippen molar-refractivity contribution < 1.29 is 42.9 Å². The van der Waals surface area contributed by atoms with E-state index in [9.17, 15) is 38.2 Å². The van der Waals surface area contributed by atoms with Crippen molar-refractivity contribution in [3.63, 3.8) is 0 Å². The smallest absolute Gasteiger partial charge is 0.326 e. The molecule has 1 aliphatic heterocycles. The van der Waals surface area contributed by atoms with Gasteiger partial charge in [0.25, 0.3) is 5.91 Å². The SMILES string of the molecule is O=C(COc1ccc(C2C(SCC(O)c3ccc(F)cc3)C(=O)N2c2ccc(F)cc2)cc1)NCC(=O)N[C@H](CCc1ccccc1)C(=O)O. The first-order valence-electron chi connectivity index (χ1n) is 15.8. The Bertz CT molecular complexity index is 1780. The number of hydrogen-bond acceptors (Lipinski definition) is 7. The number of halogens is 2. The molecule has 1 saturated heterocycles. The molecule has 1 aliphatic rings. The first kappa shape index (κ1) is 36.0. The van der Waals surface area contributed by atoms with Crippen LogP contribution in [0.15, 0.2) is 103 Å². The van der Waals surface area contributed by atoms with Crippen LogP contribution in [0.3, 0.4) is 0 Å². The lowest BCUT2D eigenvalue weighted by Gasteiger charge is -2.47. The number of aliphatic hydroxyl groups excluding tert-OH is 1. The van der Waals surface area contributed by atoms with Crippen LogP contribution in [0, 0.1) is 11.6 Å². The van der Waals surface area contributed by atoms with Gasteiger partial charge in [-0.05, 0) is 78.1 Å². The fourth-order valence-corrected chi connectivity index (χ4v) is 6.71. The van der Waals surface area contributed by atoms with Crippen molar-refractivity contribution >= 4 is 41.1 Å². The van der Waals surface area contributed by atoms with E-state index in [1.807, 2.05) is 30.3 Å². The summed E-state index contributed by atoms with van der Waals surface area (Å²) in [5.41, 5.74) is 2.70. The van der Waals surface area contributed by atoms with Gasteiger partial charge in [-0.2, -0.15) is 0 Å². The summed E-state index contributed by atoms with van der Waals surface area (Å²) < 4.78 is 32.6. The Morgan fingerprint density at radius 3 is 2.14 bits per heavy atom. The molecule has 260 valence electrons. The van der Waals surface area contributed by atoms with Gasteiger partial charge in [0.05, 0.1) is 18.7 Å². The summed E-state index contributed by atoms with van der Waals surface area (Å²) in [4.78, 5) is 51.2. The van der Waals surface area contributed by atoms with Gasteiger partial charge in [-0.1, -0.05) is 54.6 Å². The van der Waals surface area contributed by atoms with E-state index in [0.29, 0.717) is 23.4 Å². The van der Waals surface area contributed by atoms with Gasteiger partial charge in [0.2, 0.25) is 11.8 Å². The van der Waals surface area contributed by atoms with E-state index in [-0.39, 0.29) is 18.1 Å². The summed E-state index contributed by atoms with van der Waals surface area (Å²) in [5.74, 6) is -2.98. The highest BCUT2D eigenvalue weighted by Gasteiger charge is 2.49. The Kier molecular flexibility index (Phi) is 12.2. The Balaban J connectivity index is 1.14. The van der Waals surface area contributed by atoms with Gasteiger partial charge in [-0.3, -0.25) is 14.4 Å². The largest absolute Gasteiger partial charge is 0.484 e. The lowest BCUT2D eigenvalue weighted by atomic mass is 9.92. The minimum atomic E-state index is -1.17. The maximum Gasteiger partial charge on any atom is 0.326 e. The minimum Gasteiger partial charge on any atom is -0.484 e. The summed E-state index contributed by atoms with van der Waals surface area (Å²) in [6.45, 7) is -0.841. The highest BCUT2D eigenvalue weighted by atomic mass is 32.2. The molecule has 1 heterocycles. The van der Waals surface area contributed by atoms with E-state index in [0.717, 1.165) is 11.1 Å². The maximum atomic E-state index is 13.6. The van der Waals surface area contributed by atoms with Crippen molar-refractivity contribution in [1.29, 1.82) is 0 Å². The molecule has 4 aromatic rings. The second kappa shape index (κ2) is 16.9. The third-order valence-electron chi connectivity index (χ3n) is 8.07. The van der Waals surface area contributed by atoms with Crippen LogP contribution in [0.4, 0.5) is 14.5 Å². The molecule has 4 aromatic carbocycles. The first-order valence-corrected chi connectivity index (χ1v) is 16.8. The number of nitrogens with zero attached hydrogens (tertiary/aromatic N) is 1. The van der Waals surface area contributed by atoms with Gasteiger partial charge >= 0.3 is 5.97 Å². The Morgan fingerprint density at radius 1 is 0.860 bits per heavy atom. The minimum absolute atomic E-state index is 0.175. The fraction of sp³-hybridized carbons (Fsp3) is 0.243. The van der Waals surface area contributed by atoms with E-state index in [1.54, 1.807) is 29.2 Å². The molecule has 4 atom stereocenters. The number of nitrogens with one attached hydrogen (secondary N) is 2. The van der Waals surface area contributed by atoms with Gasteiger partial charge in [-0.25, -0.2) is 13.6 Å². The van der Waals surface area contributed by atoms with Crippen molar-refractivity contribution in [3.8, 4) is 5.75 Å². The van der Waals surface area contributed by atoms with Crippen molar-refractivity contribution in [2.24, 2.45) is 0 Å². The normalized spacial score (nSPS) is 16.5. The number of hydrogen-bond donors (Lipinski definition) is 4. The molecule has 4 N–H and O–H groups in total. The summed E-state index contributed by atoms with van der Waals surface area (Å²) in [6.07, 6.45) is -0.287. The molecule has 0 bridgehead atoms. The fourth-order valence-electron chi connectivity index (χ4n) is 5.41. The molecule has 50 heavy (non-hydrogen) atoms. The number of aryl methyl sites for hydroxylation is 1. The van der Waals surface area contributed by atoms with E-state index in [1.165, 1.54) is 60.3 Å². The number of thioether (sulfide) groups is 1. The van der Waals surface area contributed by atoms with Crippen LogP contribution in [0.5, 0.6) is 5.75 Å². The molecule has 0 saturated carbocycles. The first-order chi connectivity index (χ1) is 24.1. The third-order valence-corrected chi connectivity index (χ3v) is 9.40. The number of carboxylic acids is 1. The number of carbonyl (C=O) groups is 4. The van der Waals surface area contributed by atoms with Crippen LogP contribution in [0.1, 0.15) is 35.3 Å². The van der Waals surface area contributed by atoms with Crippen LogP contribution >= 0.6 is 11.8 Å². The van der Waals surface area contributed by atoms with E-state index < -0.39 is 66.0 Å². The van der Waals surface area contributed by atoms with Crippen LogP contribution in [-0.2, 0) is 25.6 Å². The average molecular weight is 704 g/mol. The predicted octanol–water partition coefficient (Wildman–Crippen LogP) is 4.59. The topological polar surface area (TPSA) is 145 Å². The Hall–Kier alpha value is -5.27. The second-order valence-electron chi connectivity index (χ2n) is 11.6. The molecule has 0 radical (unpaired) electrons. The molecule has 3 unspecified atom stereocenters. The molecular formula is C37H35F2N3O7S. The number of carboxylic acid groups (broad SMARTS) is 1. The van der Waals surface area contributed by atoms with Crippen LogP contribution in [0.2, 0.25) is 0 Å². The third kappa shape index (κ3) is 9.45. The van der Waals surface area contributed by atoms with Crippen LogP contribution in [0.25, 0.3) is 0 Å². The number of anilines is 1. The molecular weight excluding hydrogens is 668 g/mol. The van der Waals surface area contributed by atoms with E-state index in [2.05, 4.69) is 10.6 Å². The molecule has 3 amide bonds. The summed E-state index contributed by atoms with van der Waals surface area (Å²) >= 11 is 1.26. The van der Waals surface area contributed by atoms with Crippen molar-refractivity contribution in [3.05, 3.63) is 131 Å². The van der Waals surface area contributed by atoms with Gasteiger partial charge in [0, 0.05) is 11.4 Å². The zero-order valence-corrected chi connectivity index (χ0v) is 27.5.